The van der Waals surface area contributed by atoms with Crippen LogP contribution in [-0.4, -0.2) is 61.3 Å². The predicted molar refractivity (Wildman–Crippen MR) is 98.8 cm³/mol. The van der Waals surface area contributed by atoms with E-state index in [1.807, 2.05) is 0 Å². The Kier molecular flexibility index (Phi) is 6.26. The first-order valence-electron chi connectivity index (χ1n) is 9.19. The number of halogens is 4. The molecule has 2 atom stereocenters. The van der Waals surface area contributed by atoms with Crippen LogP contribution in [0.5, 0.6) is 0 Å². The van der Waals surface area contributed by atoms with Crippen molar-refractivity contribution in [2.75, 3.05) is 26.2 Å². The third-order valence-electron chi connectivity index (χ3n) is 5.24. The Morgan fingerprint density at radius 1 is 1.04 bits per heavy atom. The maximum Gasteiger partial charge on any atom is 0.393 e. The van der Waals surface area contributed by atoms with Crippen LogP contribution in [0.3, 0.4) is 0 Å². The van der Waals surface area contributed by atoms with Crippen molar-refractivity contribution in [3.8, 4) is 0 Å². The van der Waals surface area contributed by atoms with Gasteiger partial charge in [-0.05, 0) is 49.9 Å². The third-order valence-corrected chi connectivity index (χ3v) is 7.47. The molecule has 0 N–H and O–H groups in total. The van der Waals surface area contributed by atoms with Crippen LogP contribution in [0.25, 0.3) is 0 Å². The number of amides is 1. The second-order valence-electron chi connectivity index (χ2n) is 7.26. The minimum Gasteiger partial charge on any atom is -0.338 e. The monoisotopic (exact) mass is 438 g/mol. The maximum atomic E-state index is 13.0. The van der Waals surface area contributed by atoms with Crippen LogP contribution in [0.1, 0.15) is 36.0 Å². The smallest absolute Gasteiger partial charge is 0.338 e. The standard InChI is InChI=1S/C18H22ClF3N2O3S/c19-15-4-2-10-24(12-15)28(26,27)16-7-5-13(6-8-16)17(25)23-9-1-3-14(11-23)18(20,21)22/h5-8,14-15H,1-4,9-12H2/t14-,15-/m0/s1. The van der Waals surface area contributed by atoms with Crippen LogP contribution in [0, 0.1) is 5.92 Å². The summed E-state index contributed by atoms with van der Waals surface area (Å²) in [6.07, 6.45) is -2.58. The Hall–Kier alpha value is -1.32. The van der Waals surface area contributed by atoms with E-state index in [1.54, 1.807) is 0 Å². The highest BCUT2D eigenvalue weighted by atomic mass is 35.5. The molecule has 156 valence electrons. The summed E-state index contributed by atoms with van der Waals surface area (Å²) in [5.74, 6) is -2.04. The molecule has 1 aromatic carbocycles. The molecule has 0 bridgehead atoms. The molecule has 0 spiro atoms. The second kappa shape index (κ2) is 8.20. The first kappa shape index (κ1) is 21.4. The van der Waals surface area contributed by atoms with Crippen molar-refractivity contribution < 1.29 is 26.4 Å². The number of hydrogen-bond acceptors (Lipinski definition) is 3. The Morgan fingerprint density at radius 3 is 2.29 bits per heavy atom. The number of carbonyl (C=O) groups is 1. The van der Waals surface area contributed by atoms with Gasteiger partial charge in [0.05, 0.1) is 10.8 Å². The molecule has 3 rings (SSSR count). The van der Waals surface area contributed by atoms with E-state index in [0.717, 1.165) is 6.42 Å². The molecular weight excluding hydrogens is 417 g/mol. The fourth-order valence-electron chi connectivity index (χ4n) is 3.64. The normalized spacial score (nSPS) is 24.9. The number of piperidine rings is 2. The van der Waals surface area contributed by atoms with Gasteiger partial charge in [0.2, 0.25) is 10.0 Å². The Morgan fingerprint density at radius 2 is 1.68 bits per heavy atom. The van der Waals surface area contributed by atoms with Crippen LogP contribution in [0.4, 0.5) is 13.2 Å². The molecule has 1 aromatic rings. The molecule has 2 aliphatic heterocycles. The van der Waals surface area contributed by atoms with Gasteiger partial charge in [0, 0.05) is 37.1 Å². The fourth-order valence-corrected chi connectivity index (χ4v) is 5.57. The van der Waals surface area contributed by atoms with Gasteiger partial charge < -0.3 is 4.90 Å². The number of rotatable bonds is 3. The number of carbonyl (C=O) groups excluding carboxylic acids is 1. The molecule has 5 nitrogen and oxygen atoms in total. The molecule has 1 amide bonds. The van der Waals surface area contributed by atoms with E-state index < -0.39 is 28.0 Å². The number of alkyl halides is 4. The van der Waals surface area contributed by atoms with Crippen molar-refractivity contribution in [1.82, 2.24) is 9.21 Å². The molecule has 2 fully saturated rings. The van der Waals surface area contributed by atoms with E-state index in [2.05, 4.69) is 0 Å². The second-order valence-corrected chi connectivity index (χ2v) is 9.81. The van der Waals surface area contributed by atoms with Crippen LogP contribution >= 0.6 is 11.6 Å². The lowest BCUT2D eigenvalue weighted by molar-refractivity contribution is -0.184. The molecule has 28 heavy (non-hydrogen) atoms. The lowest BCUT2D eigenvalue weighted by Gasteiger charge is -2.33. The van der Waals surface area contributed by atoms with Crippen LogP contribution in [0.2, 0.25) is 0 Å². The van der Waals surface area contributed by atoms with E-state index in [0.29, 0.717) is 13.0 Å². The van der Waals surface area contributed by atoms with Gasteiger partial charge in [-0.25, -0.2) is 8.42 Å². The van der Waals surface area contributed by atoms with Gasteiger partial charge in [0.1, 0.15) is 0 Å². The molecule has 2 heterocycles. The van der Waals surface area contributed by atoms with Crippen molar-refractivity contribution in [3.63, 3.8) is 0 Å². The summed E-state index contributed by atoms with van der Waals surface area (Å²) in [7, 11) is -3.72. The van der Waals surface area contributed by atoms with Gasteiger partial charge in [0.15, 0.2) is 0 Å². The lowest BCUT2D eigenvalue weighted by Crippen LogP contribution is -2.44. The van der Waals surface area contributed by atoms with Crippen molar-refractivity contribution in [2.45, 2.75) is 42.1 Å². The van der Waals surface area contributed by atoms with E-state index in [4.69, 9.17) is 11.6 Å². The molecule has 0 aromatic heterocycles. The summed E-state index contributed by atoms with van der Waals surface area (Å²) >= 11 is 6.07. The zero-order valence-electron chi connectivity index (χ0n) is 15.2. The van der Waals surface area contributed by atoms with Crippen molar-refractivity contribution in [2.24, 2.45) is 5.92 Å². The summed E-state index contributed by atoms with van der Waals surface area (Å²) in [4.78, 5) is 13.8. The Bertz CT molecular complexity index is 814. The van der Waals surface area contributed by atoms with E-state index in [1.165, 1.54) is 33.5 Å². The quantitative estimate of drug-likeness (QED) is 0.679. The molecular formula is C18H22ClF3N2O3S. The SMILES string of the molecule is O=C(c1ccc(S(=O)(=O)N2CCC[C@H](Cl)C2)cc1)N1CCC[C@H](C(F)(F)F)C1. The Balaban J connectivity index is 1.72. The summed E-state index contributed by atoms with van der Waals surface area (Å²) in [6, 6.07) is 5.36. The average molecular weight is 439 g/mol. The molecule has 0 saturated carbocycles. The van der Waals surface area contributed by atoms with Crippen LogP contribution in [0.15, 0.2) is 29.2 Å². The highest BCUT2D eigenvalue weighted by molar-refractivity contribution is 7.89. The molecule has 0 radical (unpaired) electrons. The Labute approximate surface area is 167 Å². The van der Waals surface area contributed by atoms with Crippen molar-refractivity contribution >= 4 is 27.5 Å². The first-order valence-corrected chi connectivity index (χ1v) is 11.1. The zero-order valence-corrected chi connectivity index (χ0v) is 16.7. The number of benzene rings is 1. The molecule has 0 aliphatic carbocycles. The summed E-state index contributed by atoms with van der Waals surface area (Å²) in [5.41, 5.74) is 0.177. The van der Waals surface area contributed by atoms with Gasteiger partial charge in [-0.1, -0.05) is 0 Å². The fraction of sp³-hybridized carbons (Fsp3) is 0.611. The van der Waals surface area contributed by atoms with E-state index in [-0.39, 0.29) is 48.3 Å². The summed E-state index contributed by atoms with van der Waals surface area (Å²) in [6.45, 7) is 0.514. The van der Waals surface area contributed by atoms with Gasteiger partial charge >= 0.3 is 6.18 Å². The predicted octanol–water partition coefficient (Wildman–Crippen LogP) is 3.49. The van der Waals surface area contributed by atoms with E-state index >= 15 is 0 Å². The van der Waals surface area contributed by atoms with Crippen molar-refractivity contribution in [1.29, 1.82) is 0 Å². The van der Waals surface area contributed by atoms with E-state index in [9.17, 15) is 26.4 Å². The van der Waals surface area contributed by atoms with Crippen molar-refractivity contribution in [3.05, 3.63) is 29.8 Å². The molecule has 0 unspecified atom stereocenters. The average Bonchev–Trinajstić information content (AvgIpc) is 2.67. The minimum atomic E-state index is -4.33. The number of nitrogens with zero attached hydrogens (tertiary/aromatic N) is 2. The van der Waals surface area contributed by atoms with Gasteiger partial charge in [0.25, 0.3) is 5.91 Å². The zero-order chi connectivity index (χ0) is 20.5. The largest absolute Gasteiger partial charge is 0.393 e. The summed E-state index contributed by atoms with van der Waals surface area (Å²) in [5, 5.41) is -0.231. The topological polar surface area (TPSA) is 57.7 Å². The number of likely N-dealkylation sites (tertiary alicyclic amines) is 1. The number of hydrogen-bond donors (Lipinski definition) is 0. The summed E-state index contributed by atoms with van der Waals surface area (Å²) < 4.78 is 65.6. The van der Waals surface area contributed by atoms with Gasteiger partial charge in [-0.2, -0.15) is 17.5 Å². The molecule has 2 saturated heterocycles. The van der Waals surface area contributed by atoms with Crippen LogP contribution < -0.4 is 0 Å². The minimum absolute atomic E-state index is 0.0157. The first-order chi connectivity index (χ1) is 13.1. The highest BCUT2D eigenvalue weighted by Crippen LogP contribution is 2.33. The molecule has 10 heteroatoms. The maximum absolute atomic E-state index is 13.0. The lowest BCUT2D eigenvalue weighted by atomic mass is 9.97. The highest BCUT2D eigenvalue weighted by Gasteiger charge is 2.42. The van der Waals surface area contributed by atoms with Crippen LogP contribution in [-0.2, 0) is 10.0 Å². The van der Waals surface area contributed by atoms with Gasteiger partial charge in [-0.3, -0.25) is 4.79 Å². The third kappa shape index (κ3) is 4.63. The van der Waals surface area contributed by atoms with Gasteiger partial charge in [-0.15, -0.1) is 11.6 Å². The number of sulfonamides is 1. The molecule has 2 aliphatic rings.